The van der Waals surface area contributed by atoms with Crippen molar-refractivity contribution < 1.29 is 17.7 Å². The van der Waals surface area contributed by atoms with Gasteiger partial charge in [0.05, 0.1) is 34.7 Å². The molecular weight excluding hydrogens is 445 g/mol. The van der Waals surface area contributed by atoms with Crippen molar-refractivity contribution in [3.63, 3.8) is 0 Å². The number of halogens is 3. The van der Waals surface area contributed by atoms with Crippen LogP contribution < -0.4 is 0 Å². The summed E-state index contributed by atoms with van der Waals surface area (Å²) in [5, 5.41) is 7.95. The summed E-state index contributed by atoms with van der Waals surface area (Å²) in [6.07, 6.45) is 3.82. The SMILES string of the molecule is Cc1noc(C)c1-c1cnc2c(-c3cnn(CC(F)(F)F)c3)cn([C@@H](C)c3ccccn3)c2c1. The van der Waals surface area contributed by atoms with Crippen molar-refractivity contribution in [2.45, 2.75) is 39.5 Å². The maximum Gasteiger partial charge on any atom is 0.408 e. The van der Waals surface area contributed by atoms with E-state index in [9.17, 15) is 13.2 Å². The lowest BCUT2D eigenvalue weighted by atomic mass is 10.1. The van der Waals surface area contributed by atoms with E-state index in [-0.39, 0.29) is 6.04 Å². The highest BCUT2D eigenvalue weighted by Gasteiger charge is 2.29. The maximum atomic E-state index is 12.9. The molecule has 0 fully saturated rings. The molecule has 34 heavy (non-hydrogen) atoms. The monoisotopic (exact) mass is 466 g/mol. The molecule has 0 bridgehead atoms. The van der Waals surface area contributed by atoms with E-state index in [4.69, 9.17) is 9.51 Å². The number of rotatable bonds is 5. The van der Waals surface area contributed by atoms with Gasteiger partial charge in [-0.05, 0) is 39.0 Å². The average Bonchev–Trinajstić information content (AvgIpc) is 3.49. The molecule has 7 nitrogen and oxygen atoms in total. The molecule has 0 unspecified atom stereocenters. The van der Waals surface area contributed by atoms with E-state index in [1.165, 1.54) is 12.4 Å². The summed E-state index contributed by atoms with van der Waals surface area (Å²) in [5.41, 5.74) is 6.03. The standard InChI is InChI=1S/C24H21F3N6O/c1-14-22(16(3)34-31-14)17-8-21-23(29-9-17)19(18-10-30-32(11-18)13-24(25,26)27)12-33(21)15(2)20-6-4-5-7-28-20/h4-12,15H,13H2,1-3H3/t15-/m0/s1. The van der Waals surface area contributed by atoms with Crippen molar-refractivity contribution >= 4 is 11.0 Å². The molecule has 0 saturated carbocycles. The number of hydrogen-bond donors (Lipinski definition) is 0. The Hall–Kier alpha value is -3.95. The van der Waals surface area contributed by atoms with Gasteiger partial charge >= 0.3 is 6.18 Å². The first-order valence-corrected chi connectivity index (χ1v) is 10.7. The van der Waals surface area contributed by atoms with Crippen molar-refractivity contribution in [2.75, 3.05) is 0 Å². The summed E-state index contributed by atoms with van der Waals surface area (Å²) in [4.78, 5) is 9.19. The van der Waals surface area contributed by atoms with Crippen LogP contribution in [-0.4, -0.2) is 35.6 Å². The second kappa shape index (κ2) is 8.12. The molecule has 0 radical (unpaired) electrons. The van der Waals surface area contributed by atoms with Crippen LogP contribution in [0.5, 0.6) is 0 Å². The molecule has 0 spiro atoms. The fourth-order valence-corrected chi connectivity index (χ4v) is 4.23. The van der Waals surface area contributed by atoms with E-state index in [1.54, 1.807) is 12.4 Å². The number of aryl methyl sites for hydroxylation is 2. The predicted molar refractivity (Wildman–Crippen MR) is 120 cm³/mol. The van der Waals surface area contributed by atoms with Crippen LogP contribution in [0.25, 0.3) is 33.3 Å². The number of nitrogens with zero attached hydrogens (tertiary/aromatic N) is 6. The Bertz CT molecular complexity index is 1450. The third-order valence-electron chi connectivity index (χ3n) is 5.81. The Balaban J connectivity index is 1.68. The van der Waals surface area contributed by atoms with Gasteiger partial charge < -0.3 is 9.09 Å². The molecule has 5 rings (SSSR count). The van der Waals surface area contributed by atoms with Gasteiger partial charge in [0.2, 0.25) is 0 Å². The second-order valence-electron chi connectivity index (χ2n) is 8.21. The number of fused-ring (bicyclic) bond motifs is 1. The Morgan fingerprint density at radius 1 is 1.06 bits per heavy atom. The topological polar surface area (TPSA) is 74.6 Å². The third-order valence-corrected chi connectivity index (χ3v) is 5.81. The van der Waals surface area contributed by atoms with Crippen LogP contribution in [-0.2, 0) is 6.54 Å². The molecule has 5 heterocycles. The van der Waals surface area contributed by atoms with E-state index in [0.717, 1.165) is 32.7 Å². The van der Waals surface area contributed by atoms with Gasteiger partial charge in [-0.2, -0.15) is 18.3 Å². The molecule has 5 aromatic rings. The molecule has 1 atom stereocenters. The van der Waals surface area contributed by atoms with Gasteiger partial charge in [0.1, 0.15) is 12.3 Å². The summed E-state index contributed by atoms with van der Waals surface area (Å²) in [7, 11) is 0. The minimum absolute atomic E-state index is 0.149. The van der Waals surface area contributed by atoms with Crippen molar-refractivity contribution in [3.05, 3.63) is 72.4 Å². The van der Waals surface area contributed by atoms with Gasteiger partial charge in [0, 0.05) is 47.0 Å². The lowest BCUT2D eigenvalue weighted by Crippen LogP contribution is -2.17. The van der Waals surface area contributed by atoms with Crippen LogP contribution in [0.1, 0.15) is 30.1 Å². The van der Waals surface area contributed by atoms with Gasteiger partial charge in [-0.25, -0.2) is 0 Å². The highest BCUT2D eigenvalue weighted by atomic mass is 19.4. The Kier molecular flexibility index (Phi) is 5.22. The first kappa shape index (κ1) is 21.9. The van der Waals surface area contributed by atoms with E-state index in [0.29, 0.717) is 22.4 Å². The smallest absolute Gasteiger partial charge is 0.361 e. The number of aromatic nitrogens is 6. The molecule has 0 N–H and O–H groups in total. The van der Waals surface area contributed by atoms with Gasteiger partial charge in [-0.3, -0.25) is 14.6 Å². The number of pyridine rings is 2. The first-order chi connectivity index (χ1) is 16.2. The van der Waals surface area contributed by atoms with Crippen LogP contribution in [0, 0.1) is 13.8 Å². The average molecular weight is 466 g/mol. The summed E-state index contributed by atoms with van der Waals surface area (Å²) in [5.74, 6) is 0.684. The lowest BCUT2D eigenvalue weighted by Gasteiger charge is -2.15. The second-order valence-corrected chi connectivity index (χ2v) is 8.21. The third kappa shape index (κ3) is 3.95. The molecule has 5 aromatic heterocycles. The predicted octanol–water partition coefficient (Wildman–Crippen LogP) is 5.74. The fraction of sp³-hybridized carbons (Fsp3) is 0.250. The van der Waals surface area contributed by atoms with Gasteiger partial charge in [-0.15, -0.1) is 0 Å². The van der Waals surface area contributed by atoms with E-state index < -0.39 is 12.7 Å². The van der Waals surface area contributed by atoms with Crippen molar-refractivity contribution in [3.8, 4) is 22.3 Å². The molecular formula is C24H21F3N6O. The lowest BCUT2D eigenvalue weighted by molar-refractivity contribution is -0.142. The molecule has 0 amide bonds. The van der Waals surface area contributed by atoms with Crippen LogP contribution in [0.4, 0.5) is 13.2 Å². The first-order valence-electron chi connectivity index (χ1n) is 10.7. The van der Waals surface area contributed by atoms with E-state index in [2.05, 4.69) is 15.2 Å². The Morgan fingerprint density at radius 2 is 1.88 bits per heavy atom. The zero-order chi connectivity index (χ0) is 24.0. The van der Waals surface area contributed by atoms with Gasteiger partial charge in [0.15, 0.2) is 0 Å². The summed E-state index contributed by atoms with van der Waals surface area (Å²) in [6, 6.07) is 7.55. The van der Waals surface area contributed by atoms with Crippen molar-refractivity contribution in [1.82, 2.24) is 29.5 Å². The largest absolute Gasteiger partial charge is 0.408 e. The zero-order valence-corrected chi connectivity index (χ0v) is 18.7. The Labute approximate surface area is 192 Å². The Morgan fingerprint density at radius 3 is 2.56 bits per heavy atom. The van der Waals surface area contributed by atoms with Gasteiger partial charge in [0.25, 0.3) is 0 Å². The molecule has 0 saturated heterocycles. The van der Waals surface area contributed by atoms with E-state index >= 15 is 0 Å². The quantitative estimate of drug-likeness (QED) is 0.330. The van der Waals surface area contributed by atoms with E-state index in [1.807, 2.05) is 55.8 Å². The highest BCUT2D eigenvalue weighted by Crippen LogP contribution is 2.36. The summed E-state index contributed by atoms with van der Waals surface area (Å²) in [6.45, 7) is 4.57. The molecule has 0 aliphatic rings. The maximum absolute atomic E-state index is 12.9. The molecule has 10 heteroatoms. The normalized spacial score (nSPS) is 13.0. The van der Waals surface area contributed by atoms with Crippen LogP contribution in [0.15, 0.2) is 59.8 Å². The summed E-state index contributed by atoms with van der Waals surface area (Å²) < 4.78 is 46.8. The minimum Gasteiger partial charge on any atom is -0.361 e. The van der Waals surface area contributed by atoms with Gasteiger partial charge in [-0.1, -0.05) is 11.2 Å². The number of hydrogen-bond acceptors (Lipinski definition) is 5. The fourth-order valence-electron chi connectivity index (χ4n) is 4.23. The van der Waals surface area contributed by atoms with Crippen molar-refractivity contribution in [2.24, 2.45) is 0 Å². The number of alkyl halides is 3. The highest BCUT2D eigenvalue weighted by molar-refractivity contribution is 5.95. The molecule has 0 aliphatic heterocycles. The summed E-state index contributed by atoms with van der Waals surface area (Å²) >= 11 is 0. The van der Waals surface area contributed by atoms with Crippen LogP contribution in [0.3, 0.4) is 0 Å². The molecule has 0 aliphatic carbocycles. The van der Waals surface area contributed by atoms with Crippen molar-refractivity contribution in [1.29, 1.82) is 0 Å². The van der Waals surface area contributed by atoms with Crippen LogP contribution >= 0.6 is 0 Å². The molecule has 0 aromatic carbocycles. The molecule has 174 valence electrons. The zero-order valence-electron chi connectivity index (χ0n) is 18.7. The minimum atomic E-state index is -4.35. The van der Waals surface area contributed by atoms with Crippen LogP contribution in [0.2, 0.25) is 0 Å².